The van der Waals surface area contributed by atoms with Crippen molar-refractivity contribution in [2.45, 2.75) is 31.2 Å². The van der Waals surface area contributed by atoms with Crippen molar-refractivity contribution in [2.24, 2.45) is 0 Å². The van der Waals surface area contributed by atoms with E-state index in [9.17, 15) is 18.0 Å². The van der Waals surface area contributed by atoms with Crippen LogP contribution in [-0.4, -0.2) is 76.2 Å². The summed E-state index contributed by atoms with van der Waals surface area (Å²) in [5.41, 5.74) is 1.58. The Morgan fingerprint density at radius 3 is 2.29 bits per heavy atom. The van der Waals surface area contributed by atoms with Crippen LogP contribution in [0.4, 0.5) is 4.79 Å². The average Bonchev–Trinajstić information content (AvgIpc) is 2.84. The van der Waals surface area contributed by atoms with Gasteiger partial charge in [0.2, 0.25) is 15.9 Å². The molecule has 34 heavy (non-hydrogen) atoms. The number of hydrogen-bond donors (Lipinski definition) is 1. The van der Waals surface area contributed by atoms with E-state index in [0.29, 0.717) is 26.2 Å². The van der Waals surface area contributed by atoms with Gasteiger partial charge in [-0.05, 0) is 43.5 Å². The normalized spacial score (nSPS) is 15.0. The Labute approximate surface area is 200 Å². The van der Waals surface area contributed by atoms with Crippen LogP contribution in [0.25, 0.3) is 0 Å². The number of amides is 2. The number of rotatable bonds is 8. The smallest absolute Gasteiger partial charge is 0.409 e. The minimum atomic E-state index is -4.07. The molecule has 0 bridgehead atoms. The molecule has 10 heteroatoms. The van der Waals surface area contributed by atoms with Crippen molar-refractivity contribution in [3.63, 3.8) is 0 Å². The van der Waals surface area contributed by atoms with Crippen molar-refractivity contribution in [3.05, 3.63) is 59.7 Å². The predicted octanol–water partition coefficient (Wildman–Crippen LogP) is 2.19. The van der Waals surface area contributed by atoms with Crippen molar-refractivity contribution < 1.29 is 27.5 Å². The summed E-state index contributed by atoms with van der Waals surface area (Å²) in [6.45, 7) is 5.02. The summed E-state index contributed by atoms with van der Waals surface area (Å²) in [4.78, 5) is 28.6. The number of carbonyl (C=O) groups excluding carboxylic acids is 2. The fourth-order valence-electron chi connectivity index (χ4n) is 3.82. The minimum Gasteiger partial charge on any atom is -0.495 e. The number of benzene rings is 2. The van der Waals surface area contributed by atoms with E-state index < -0.39 is 22.2 Å². The number of hydrogen-bond acceptors (Lipinski definition) is 6. The van der Waals surface area contributed by atoms with Crippen LogP contribution in [0.3, 0.4) is 0 Å². The summed E-state index contributed by atoms with van der Waals surface area (Å²) in [6.07, 6.45) is -0.229. The fraction of sp³-hybridized carbons (Fsp3) is 0.417. The average molecular weight is 490 g/mol. The zero-order chi connectivity index (χ0) is 24.7. The van der Waals surface area contributed by atoms with Crippen molar-refractivity contribution >= 4 is 22.0 Å². The number of nitrogens with zero attached hydrogens (tertiary/aromatic N) is 2. The number of aryl methyl sites for hydroxylation is 1. The van der Waals surface area contributed by atoms with Gasteiger partial charge in [0.05, 0.1) is 13.7 Å². The van der Waals surface area contributed by atoms with Gasteiger partial charge in [0.25, 0.3) is 0 Å². The molecule has 0 radical (unpaired) electrons. The zero-order valence-electron chi connectivity index (χ0n) is 19.7. The fourth-order valence-corrected chi connectivity index (χ4v) is 5.26. The van der Waals surface area contributed by atoms with Gasteiger partial charge in [-0.1, -0.05) is 36.4 Å². The van der Waals surface area contributed by atoms with E-state index in [1.807, 2.05) is 30.3 Å². The molecule has 0 spiro atoms. The van der Waals surface area contributed by atoms with Crippen molar-refractivity contribution in [2.75, 3.05) is 39.9 Å². The molecule has 2 aromatic rings. The maximum Gasteiger partial charge on any atom is 0.409 e. The first-order valence-electron chi connectivity index (χ1n) is 11.2. The molecule has 1 saturated heterocycles. The van der Waals surface area contributed by atoms with Gasteiger partial charge in [0, 0.05) is 26.2 Å². The van der Waals surface area contributed by atoms with Gasteiger partial charge in [-0.3, -0.25) is 4.79 Å². The second-order valence-corrected chi connectivity index (χ2v) is 9.71. The number of piperazine rings is 1. The second-order valence-electron chi connectivity index (χ2n) is 8.03. The molecule has 1 unspecified atom stereocenters. The van der Waals surface area contributed by atoms with E-state index in [0.717, 1.165) is 11.1 Å². The van der Waals surface area contributed by atoms with Gasteiger partial charge >= 0.3 is 6.09 Å². The maximum atomic E-state index is 13.5. The Balaban J connectivity index is 1.83. The molecule has 1 aliphatic heterocycles. The molecule has 0 aromatic heterocycles. The summed E-state index contributed by atoms with van der Waals surface area (Å²) in [7, 11) is -2.67. The SMILES string of the molecule is CCOC(=O)N1CCN(C(=O)C(Cc2ccccc2)NS(=O)(=O)c2cc(C)ccc2OC)CC1. The molecular formula is C24H31N3O6S. The first kappa shape index (κ1) is 25.5. The quantitative estimate of drug-likeness (QED) is 0.610. The molecule has 0 aliphatic carbocycles. The lowest BCUT2D eigenvalue weighted by Crippen LogP contribution is -2.56. The molecule has 1 fully saturated rings. The largest absolute Gasteiger partial charge is 0.495 e. The molecule has 0 saturated carbocycles. The highest BCUT2D eigenvalue weighted by molar-refractivity contribution is 7.89. The van der Waals surface area contributed by atoms with Crippen LogP contribution < -0.4 is 9.46 Å². The summed E-state index contributed by atoms with van der Waals surface area (Å²) in [5, 5.41) is 0. The van der Waals surface area contributed by atoms with Crippen molar-refractivity contribution in [1.29, 1.82) is 0 Å². The van der Waals surface area contributed by atoms with Gasteiger partial charge in [-0.25, -0.2) is 13.2 Å². The molecule has 1 heterocycles. The van der Waals surface area contributed by atoms with E-state index in [4.69, 9.17) is 9.47 Å². The molecule has 2 amide bonds. The van der Waals surface area contributed by atoms with Gasteiger partial charge in [-0.15, -0.1) is 0 Å². The standard InChI is InChI=1S/C24H31N3O6S/c1-4-33-24(29)27-14-12-26(13-15-27)23(28)20(17-19-8-6-5-7-9-19)25-34(30,31)22-16-18(2)10-11-21(22)32-3/h5-11,16,20,25H,4,12-15,17H2,1-3H3. The van der Waals surface area contributed by atoms with Gasteiger partial charge in [0.15, 0.2) is 0 Å². The third kappa shape index (κ3) is 6.27. The first-order chi connectivity index (χ1) is 16.2. The van der Waals surface area contributed by atoms with Crippen LogP contribution in [0.15, 0.2) is 53.4 Å². The molecule has 184 valence electrons. The van der Waals surface area contributed by atoms with Gasteiger partial charge in [0.1, 0.15) is 16.7 Å². The molecule has 1 N–H and O–H groups in total. The van der Waals surface area contributed by atoms with Gasteiger partial charge in [-0.2, -0.15) is 4.72 Å². The number of methoxy groups -OCH3 is 1. The Morgan fingerprint density at radius 1 is 1.03 bits per heavy atom. The Morgan fingerprint density at radius 2 is 1.68 bits per heavy atom. The molecule has 1 atom stereocenters. The predicted molar refractivity (Wildman–Crippen MR) is 127 cm³/mol. The lowest BCUT2D eigenvalue weighted by Gasteiger charge is -2.36. The Kier molecular flexibility index (Phi) is 8.51. The van der Waals surface area contributed by atoms with Crippen molar-refractivity contribution in [3.8, 4) is 5.75 Å². The molecule has 2 aromatic carbocycles. The Bertz CT molecular complexity index is 1100. The maximum absolute atomic E-state index is 13.5. The monoisotopic (exact) mass is 489 g/mol. The third-order valence-electron chi connectivity index (χ3n) is 5.60. The van der Waals surface area contributed by atoms with Crippen molar-refractivity contribution in [1.82, 2.24) is 14.5 Å². The van der Waals surface area contributed by atoms with Crippen LogP contribution in [0.2, 0.25) is 0 Å². The Hall–Kier alpha value is -3.11. The van der Waals surface area contributed by atoms with Crippen LogP contribution in [0.1, 0.15) is 18.1 Å². The highest BCUT2D eigenvalue weighted by Crippen LogP contribution is 2.25. The number of ether oxygens (including phenoxy) is 2. The summed E-state index contributed by atoms with van der Waals surface area (Å²) < 4.78 is 39.6. The summed E-state index contributed by atoms with van der Waals surface area (Å²) >= 11 is 0. The number of carbonyl (C=O) groups is 2. The highest BCUT2D eigenvalue weighted by Gasteiger charge is 2.33. The van der Waals surface area contributed by atoms with Crippen LogP contribution >= 0.6 is 0 Å². The van der Waals surface area contributed by atoms with Gasteiger partial charge < -0.3 is 19.3 Å². The highest BCUT2D eigenvalue weighted by atomic mass is 32.2. The topological polar surface area (TPSA) is 105 Å². The molecule has 3 rings (SSSR count). The molecule has 9 nitrogen and oxygen atoms in total. The van der Waals surface area contributed by atoms with Crippen LogP contribution in [-0.2, 0) is 26.0 Å². The molecule has 1 aliphatic rings. The van der Waals surface area contributed by atoms with E-state index >= 15 is 0 Å². The summed E-state index contributed by atoms with van der Waals surface area (Å²) in [6, 6.07) is 13.1. The lowest BCUT2D eigenvalue weighted by atomic mass is 10.1. The third-order valence-corrected chi connectivity index (χ3v) is 7.10. The van der Waals surface area contributed by atoms with Crippen LogP contribution in [0, 0.1) is 6.92 Å². The molecular weight excluding hydrogens is 458 g/mol. The first-order valence-corrected chi connectivity index (χ1v) is 12.6. The lowest BCUT2D eigenvalue weighted by molar-refractivity contribution is -0.134. The minimum absolute atomic E-state index is 0.0204. The van der Waals surface area contributed by atoms with E-state index in [1.165, 1.54) is 13.2 Å². The number of nitrogens with one attached hydrogen (secondary N) is 1. The number of sulfonamides is 1. The van der Waals surface area contributed by atoms with E-state index in [-0.39, 0.29) is 29.6 Å². The van der Waals surface area contributed by atoms with Crippen LogP contribution in [0.5, 0.6) is 5.75 Å². The second kappa shape index (κ2) is 11.3. The zero-order valence-corrected chi connectivity index (χ0v) is 20.5. The van der Waals surface area contributed by atoms with E-state index in [1.54, 1.807) is 35.8 Å². The summed E-state index contributed by atoms with van der Waals surface area (Å²) in [5.74, 6) is -0.144. The van der Waals surface area contributed by atoms with E-state index in [2.05, 4.69) is 4.72 Å².